The molecule has 0 aromatic heterocycles. The number of carbonyl (C=O) groups excluding carboxylic acids is 2. The van der Waals surface area contributed by atoms with E-state index in [1.54, 1.807) is 0 Å². The van der Waals surface area contributed by atoms with Gasteiger partial charge in [-0.1, -0.05) is 0 Å². The van der Waals surface area contributed by atoms with Crippen molar-refractivity contribution < 1.29 is 23.7 Å². The maximum Gasteiger partial charge on any atom is 0.327 e. The van der Waals surface area contributed by atoms with Crippen LogP contribution in [-0.4, -0.2) is 50.7 Å². The molecular formula is C11H18N2O5S. The fourth-order valence-corrected chi connectivity index (χ4v) is 2.60. The summed E-state index contributed by atoms with van der Waals surface area (Å²) in [5, 5.41) is 13.8. The lowest BCUT2D eigenvalue weighted by atomic mass is 10.3. The number of carboxylic acid groups (broad SMARTS) is 1. The molecule has 8 heteroatoms. The van der Waals surface area contributed by atoms with Crippen molar-refractivity contribution in [2.45, 2.75) is 38.3 Å². The predicted octanol–water partition coefficient (Wildman–Crippen LogP) is -1.01. The van der Waals surface area contributed by atoms with E-state index in [2.05, 4.69) is 10.6 Å². The molecule has 0 aliphatic heterocycles. The van der Waals surface area contributed by atoms with Crippen molar-refractivity contribution >= 4 is 28.6 Å². The lowest BCUT2D eigenvalue weighted by Gasteiger charge is -2.12. The number of hydrogen-bond donors (Lipinski definition) is 3. The first-order valence-corrected chi connectivity index (χ1v) is 7.51. The number of carboxylic acids is 1. The van der Waals surface area contributed by atoms with Crippen LogP contribution in [-0.2, 0) is 25.2 Å². The van der Waals surface area contributed by atoms with E-state index in [9.17, 15) is 18.6 Å². The van der Waals surface area contributed by atoms with Crippen LogP contribution in [0.3, 0.4) is 0 Å². The largest absolute Gasteiger partial charge is 0.480 e. The average Bonchev–Trinajstić information content (AvgIpc) is 3.08. The molecule has 1 aliphatic carbocycles. The molecule has 1 unspecified atom stereocenters. The third kappa shape index (κ3) is 6.90. The lowest BCUT2D eigenvalue weighted by molar-refractivity contribution is -0.140. The molecule has 108 valence electrons. The first kappa shape index (κ1) is 15.6. The van der Waals surface area contributed by atoms with Gasteiger partial charge < -0.3 is 15.7 Å². The fraction of sp³-hybridized carbons (Fsp3) is 0.727. The van der Waals surface area contributed by atoms with Crippen molar-refractivity contribution in [2.75, 3.05) is 11.5 Å². The van der Waals surface area contributed by atoms with Gasteiger partial charge in [0.05, 0.1) is 5.75 Å². The SMILES string of the molecule is CC(=O)N[C@@H](CS(=O)CCC(=O)NC1CC1)C(=O)O. The first-order chi connectivity index (χ1) is 8.88. The molecule has 0 radical (unpaired) electrons. The van der Waals surface area contributed by atoms with Gasteiger partial charge in [0.1, 0.15) is 6.04 Å². The Balaban J connectivity index is 2.28. The molecule has 0 aromatic rings. The van der Waals surface area contributed by atoms with Gasteiger partial charge in [0.2, 0.25) is 11.8 Å². The van der Waals surface area contributed by atoms with Crippen molar-refractivity contribution in [2.24, 2.45) is 0 Å². The Bertz CT molecular complexity index is 395. The van der Waals surface area contributed by atoms with E-state index in [-0.39, 0.29) is 29.9 Å². The molecular weight excluding hydrogens is 272 g/mol. The Labute approximate surface area is 113 Å². The number of nitrogens with one attached hydrogen (secondary N) is 2. The van der Waals surface area contributed by atoms with Crippen LogP contribution in [0.1, 0.15) is 26.2 Å². The first-order valence-electron chi connectivity index (χ1n) is 6.02. The predicted molar refractivity (Wildman–Crippen MR) is 68.9 cm³/mol. The van der Waals surface area contributed by atoms with Gasteiger partial charge in [0.15, 0.2) is 0 Å². The maximum atomic E-state index is 11.7. The van der Waals surface area contributed by atoms with Gasteiger partial charge in [-0.2, -0.15) is 0 Å². The molecule has 0 spiro atoms. The third-order valence-corrected chi connectivity index (χ3v) is 3.89. The van der Waals surface area contributed by atoms with E-state index < -0.39 is 28.7 Å². The summed E-state index contributed by atoms with van der Waals surface area (Å²) in [7, 11) is -1.46. The zero-order valence-electron chi connectivity index (χ0n) is 10.7. The van der Waals surface area contributed by atoms with Gasteiger partial charge in [0, 0.05) is 35.9 Å². The van der Waals surface area contributed by atoms with Gasteiger partial charge in [-0.15, -0.1) is 0 Å². The summed E-state index contributed by atoms with van der Waals surface area (Å²) in [6.07, 6.45) is 2.08. The highest BCUT2D eigenvalue weighted by molar-refractivity contribution is 7.85. The maximum absolute atomic E-state index is 11.7. The fourth-order valence-electron chi connectivity index (χ4n) is 1.42. The Morgan fingerprint density at radius 1 is 1.37 bits per heavy atom. The van der Waals surface area contributed by atoms with Gasteiger partial charge in [0.25, 0.3) is 0 Å². The molecule has 0 bridgehead atoms. The monoisotopic (exact) mass is 290 g/mol. The van der Waals surface area contributed by atoms with Crippen LogP contribution in [0.25, 0.3) is 0 Å². The summed E-state index contributed by atoms with van der Waals surface area (Å²) in [4.78, 5) is 33.0. The molecule has 2 atom stereocenters. The Hall–Kier alpha value is -1.44. The van der Waals surface area contributed by atoms with E-state index in [1.165, 1.54) is 6.92 Å². The van der Waals surface area contributed by atoms with Gasteiger partial charge in [-0.05, 0) is 12.8 Å². The van der Waals surface area contributed by atoms with Crippen molar-refractivity contribution in [3.8, 4) is 0 Å². The van der Waals surface area contributed by atoms with Crippen molar-refractivity contribution in [1.29, 1.82) is 0 Å². The zero-order chi connectivity index (χ0) is 14.4. The Morgan fingerprint density at radius 3 is 2.47 bits per heavy atom. The van der Waals surface area contributed by atoms with Crippen LogP contribution in [0.4, 0.5) is 0 Å². The van der Waals surface area contributed by atoms with Crippen molar-refractivity contribution in [1.82, 2.24) is 10.6 Å². The standard InChI is InChI=1S/C11H18N2O5S/c1-7(14)12-9(11(16)17)6-19(18)5-4-10(15)13-8-2-3-8/h8-9H,2-6H2,1H3,(H,12,14)(H,13,15)(H,16,17)/t9-,19?/m0/s1. The molecule has 0 saturated heterocycles. The molecule has 0 heterocycles. The van der Waals surface area contributed by atoms with E-state index >= 15 is 0 Å². The highest BCUT2D eigenvalue weighted by Gasteiger charge is 2.24. The second kappa shape index (κ2) is 7.22. The van der Waals surface area contributed by atoms with E-state index in [0.717, 1.165) is 12.8 Å². The third-order valence-electron chi connectivity index (χ3n) is 2.53. The van der Waals surface area contributed by atoms with E-state index in [0.29, 0.717) is 0 Å². The lowest BCUT2D eigenvalue weighted by Crippen LogP contribution is -2.43. The Morgan fingerprint density at radius 2 is 2.00 bits per heavy atom. The zero-order valence-corrected chi connectivity index (χ0v) is 11.5. The van der Waals surface area contributed by atoms with E-state index in [4.69, 9.17) is 5.11 Å². The molecule has 1 saturated carbocycles. The van der Waals surface area contributed by atoms with Crippen LogP contribution in [0.15, 0.2) is 0 Å². The normalized spacial score (nSPS) is 17.3. The van der Waals surface area contributed by atoms with Crippen LogP contribution < -0.4 is 10.6 Å². The highest BCUT2D eigenvalue weighted by atomic mass is 32.2. The van der Waals surface area contributed by atoms with Crippen LogP contribution in [0, 0.1) is 0 Å². The van der Waals surface area contributed by atoms with Crippen LogP contribution in [0.2, 0.25) is 0 Å². The molecule has 19 heavy (non-hydrogen) atoms. The summed E-state index contributed by atoms with van der Waals surface area (Å²) in [5.74, 6) is -1.97. The molecule has 0 aromatic carbocycles. The van der Waals surface area contributed by atoms with Crippen molar-refractivity contribution in [3.63, 3.8) is 0 Å². The summed E-state index contributed by atoms with van der Waals surface area (Å²) >= 11 is 0. The smallest absolute Gasteiger partial charge is 0.327 e. The topological polar surface area (TPSA) is 113 Å². The molecule has 1 rings (SSSR count). The quantitative estimate of drug-likeness (QED) is 0.530. The van der Waals surface area contributed by atoms with Crippen LogP contribution in [0.5, 0.6) is 0 Å². The number of amides is 2. The second-order valence-electron chi connectivity index (χ2n) is 4.49. The average molecular weight is 290 g/mol. The summed E-state index contributed by atoms with van der Waals surface area (Å²) in [5.41, 5.74) is 0. The van der Waals surface area contributed by atoms with Gasteiger partial charge in [-0.3, -0.25) is 13.8 Å². The number of hydrogen-bond acceptors (Lipinski definition) is 4. The summed E-state index contributed by atoms with van der Waals surface area (Å²) in [6.45, 7) is 1.20. The van der Waals surface area contributed by atoms with E-state index in [1.807, 2.05) is 0 Å². The minimum atomic E-state index is -1.46. The number of aliphatic carboxylic acids is 1. The molecule has 1 aliphatic rings. The summed E-state index contributed by atoms with van der Waals surface area (Å²) < 4.78 is 11.7. The molecule has 7 nitrogen and oxygen atoms in total. The number of rotatable bonds is 8. The summed E-state index contributed by atoms with van der Waals surface area (Å²) in [6, 6.07) is -0.920. The van der Waals surface area contributed by atoms with Crippen LogP contribution >= 0.6 is 0 Å². The van der Waals surface area contributed by atoms with Gasteiger partial charge >= 0.3 is 5.97 Å². The number of carbonyl (C=O) groups is 3. The second-order valence-corrected chi connectivity index (χ2v) is 6.11. The molecule has 3 N–H and O–H groups in total. The molecule has 2 amide bonds. The minimum Gasteiger partial charge on any atom is -0.480 e. The highest BCUT2D eigenvalue weighted by Crippen LogP contribution is 2.18. The minimum absolute atomic E-state index is 0.0991. The van der Waals surface area contributed by atoms with Crippen molar-refractivity contribution in [3.05, 3.63) is 0 Å². The Kier molecular flexibility index (Phi) is 5.94. The van der Waals surface area contributed by atoms with Gasteiger partial charge in [-0.25, -0.2) is 4.79 Å². The molecule has 1 fully saturated rings.